The SMILES string of the molecule is CC(C)CN1C(=O)C2(CCN(C)CC2)C1C. The van der Waals surface area contributed by atoms with E-state index in [4.69, 9.17) is 0 Å². The van der Waals surface area contributed by atoms with Crippen molar-refractivity contribution in [3.8, 4) is 0 Å². The van der Waals surface area contributed by atoms with Crippen LogP contribution in [0, 0.1) is 11.3 Å². The molecule has 0 aromatic carbocycles. The Labute approximate surface area is 98.8 Å². The van der Waals surface area contributed by atoms with Crippen LogP contribution in [0.1, 0.15) is 33.6 Å². The lowest BCUT2D eigenvalue weighted by Gasteiger charge is -2.58. The van der Waals surface area contributed by atoms with Crippen LogP contribution in [0.25, 0.3) is 0 Å². The van der Waals surface area contributed by atoms with Gasteiger partial charge in [-0.05, 0) is 45.8 Å². The van der Waals surface area contributed by atoms with Crippen LogP contribution in [0.15, 0.2) is 0 Å². The van der Waals surface area contributed by atoms with E-state index in [2.05, 4.69) is 37.6 Å². The van der Waals surface area contributed by atoms with Crippen molar-refractivity contribution >= 4 is 5.91 Å². The molecule has 0 bridgehead atoms. The zero-order valence-corrected chi connectivity index (χ0v) is 11.0. The van der Waals surface area contributed by atoms with Gasteiger partial charge in [0.05, 0.1) is 5.41 Å². The lowest BCUT2D eigenvalue weighted by atomic mass is 9.65. The monoisotopic (exact) mass is 224 g/mol. The quantitative estimate of drug-likeness (QED) is 0.665. The number of piperidine rings is 1. The Morgan fingerprint density at radius 3 is 2.38 bits per heavy atom. The number of rotatable bonds is 2. The van der Waals surface area contributed by atoms with E-state index in [1.807, 2.05) is 0 Å². The molecule has 0 radical (unpaired) electrons. The van der Waals surface area contributed by atoms with Crippen LogP contribution in [0.2, 0.25) is 0 Å². The van der Waals surface area contributed by atoms with Gasteiger partial charge >= 0.3 is 0 Å². The number of nitrogens with zero attached hydrogens (tertiary/aromatic N) is 2. The summed E-state index contributed by atoms with van der Waals surface area (Å²) in [5, 5.41) is 0. The van der Waals surface area contributed by atoms with Crippen LogP contribution in [0.5, 0.6) is 0 Å². The highest BCUT2D eigenvalue weighted by Gasteiger charge is 2.58. The molecule has 2 saturated heterocycles. The van der Waals surface area contributed by atoms with Crippen molar-refractivity contribution in [3.63, 3.8) is 0 Å². The van der Waals surface area contributed by atoms with Crippen molar-refractivity contribution in [3.05, 3.63) is 0 Å². The van der Waals surface area contributed by atoms with Gasteiger partial charge in [0.15, 0.2) is 0 Å². The fraction of sp³-hybridized carbons (Fsp3) is 0.923. The number of hydrogen-bond donors (Lipinski definition) is 0. The van der Waals surface area contributed by atoms with E-state index < -0.39 is 0 Å². The Balaban J connectivity index is 2.02. The van der Waals surface area contributed by atoms with E-state index in [0.717, 1.165) is 32.5 Å². The molecule has 2 aliphatic rings. The summed E-state index contributed by atoms with van der Waals surface area (Å²) in [5.74, 6) is 0.997. The minimum absolute atomic E-state index is 0.00139. The van der Waals surface area contributed by atoms with Crippen molar-refractivity contribution in [2.24, 2.45) is 11.3 Å². The van der Waals surface area contributed by atoms with Gasteiger partial charge in [-0.1, -0.05) is 13.8 Å². The van der Waals surface area contributed by atoms with Crippen LogP contribution in [0.4, 0.5) is 0 Å². The van der Waals surface area contributed by atoms with Crippen LogP contribution in [0.3, 0.4) is 0 Å². The van der Waals surface area contributed by atoms with Gasteiger partial charge in [0, 0.05) is 12.6 Å². The van der Waals surface area contributed by atoms with Crippen LogP contribution in [-0.2, 0) is 4.79 Å². The summed E-state index contributed by atoms with van der Waals surface area (Å²) < 4.78 is 0. The Kier molecular flexibility index (Phi) is 2.99. The Morgan fingerprint density at radius 2 is 1.94 bits per heavy atom. The molecule has 1 amide bonds. The standard InChI is InChI=1S/C13H24N2O/c1-10(2)9-15-11(3)13(12(15)16)5-7-14(4)8-6-13/h10-11H,5-9H2,1-4H3. The lowest BCUT2D eigenvalue weighted by Crippen LogP contribution is -2.70. The topological polar surface area (TPSA) is 23.6 Å². The molecule has 1 spiro atoms. The maximum Gasteiger partial charge on any atom is 0.231 e. The summed E-state index contributed by atoms with van der Waals surface area (Å²) >= 11 is 0. The van der Waals surface area contributed by atoms with Gasteiger partial charge in [-0.2, -0.15) is 0 Å². The van der Waals surface area contributed by atoms with Crippen LogP contribution < -0.4 is 0 Å². The molecular weight excluding hydrogens is 200 g/mol. The second kappa shape index (κ2) is 4.02. The van der Waals surface area contributed by atoms with E-state index in [0.29, 0.717) is 17.9 Å². The normalized spacial score (nSPS) is 29.9. The minimum atomic E-state index is 0.00139. The highest BCUT2D eigenvalue weighted by atomic mass is 16.2. The number of hydrogen-bond acceptors (Lipinski definition) is 2. The third-order valence-corrected chi connectivity index (χ3v) is 4.40. The molecule has 1 unspecified atom stereocenters. The number of likely N-dealkylation sites (tertiary alicyclic amines) is 2. The maximum absolute atomic E-state index is 12.3. The molecule has 2 fully saturated rings. The highest BCUT2D eigenvalue weighted by molar-refractivity contribution is 5.90. The van der Waals surface area contributed by atoms with E-state index in [1.165, 1.54) is 0 Å². The molecule has 0 saturated carbocycles. The molecule has 0 aromatic rings. The molecule has 2 heterocycles. The first-order chi connectivity index (χ1) is 7.47. The predicted octanol–water partition coefficient (Wildman–Crippen LogP) is 1.59. The molecule has 0 aromatic heterocycles. The molecule has 0 N–H and O–H groups in total. The number of carbonyl (C=O) groups excluding carboxylic acids is 1. The summed E-state index contributed by atoms with van der Waals surface area (Å²) in [6.07, 6.45) is 2.11. The fourth-order valence-corrected chi connectivity index (χ4v) is 3.16. The molecule has 2 rings (SSSR count). The molecule has 3 nitrogen and oxygen atoms in total. The summed E-state index contributed by atoms with van der Waals surface area (Å²) in [7, 11) is 2.15. The first kappa shape index (κ1) is 11.9. The number of carbonyl (C=O) groups is 1. The lowest BCUT2D eigenvalue weighted by molar-refractivity contribution is -0.177. The average molecular weight is 224 g/mol. The van der Waals surface area contributed by atoms with Gasteiger partial charge in [0.1, 0.15) is 0 Å². The van der Waals surface area contributed by atoms with Gasteiger partial charge in [-0.3, -0.25) is 4.79 Å². The van der Waals surface area contributed by atoms with Crippen LogP contribution >= 0.6 is 0 Å². The van der Waals surface area contributed by atoms with E-state index in [1.54, 1.807) is 0 Å². The minimum Gasteiger partial charge on any atom is -0.338 e. The molecule has 16 heavy (non-hydrogen) atoms. The van der Waals surface area contributed by atoms with Gasteiger partial charge in [-0.15, -0.1) is 0 Å². The van der Waals surface area contributed by atoms with Crippen molar-refractivity contribution < 1.29 is 4.79 Å². The van der Waals surface area contributed by atoms with Crippen molar-refractivity contribution in [2.45, 2.75) is 39.7 Å². The molecular formula is C13H24N2O. The molecule has 92 valence electrons. The Hall–Kier alpha value is -0.570. The Bertz CT molecular complexity index is 280. The smallest absolute Gasteiger partial charge is 0.231 e. The second-order valence-corrected chi connectivity index (χ2v) is 5.99. The van der Waals surface area contributed by atoms with Gasteiger partial charge in [0.2, 0.25) is 5.91 Å². The zero-order valence-electron chi connectivity index (χ0n) is 11.0. The van der Waals surface area contributed by atoms with Gasteiger partial charge in [-0.25, -0.2) is 0 Å². The van der Waals surface area contributed by atoms with E-state index in [9.17, 15) is 4.79 Å². The van der Waals surface area contributed by atoms with Crippen molar-refractivity contribution in [1.82, 2.24) is 9.80 Å². The predicted molar refractivity (Wildman–Crippen MR) is 65.2 cm³/mol. The number of amides is 1. The third-order valence-electron chi connectivity index (χ3n) is 4.40. The zero-order chi connectivity index (χ0) is 11.9. The second-order valence-electron chi connectivity index (χ2n) is 5.99. The van der Waals surface area contributed by atoms with E-state index >= 15 is 0 Å². The molecule has 2 aliphatic heterocycles. The first-order valence-corrected chi connectivity index (χ1v) is 6.47. The van der Waals surface area contributed by atoms with Gasteiger partial charge < -0.3 is 9.80 Å². The van der Waals surface area contributed by atoms with Crippen molar-refractivity contribution in [2.75, 3.05) is 26.7 Å². The Morgan fingerprint density at radius 1 is 1.38 bits per heavy atom. The fourth-order valence-electron chi connectivity index (χ4n) is 3.16. The van der Waals surface area contributed by atoms with Crippen LogP contribution in [-0.4, -0.2) is 48.4 Å². The summed E-state index contributed by atoms with van der Waals surface area (Å²) in [6.45, 7) is 9.67. The highest BCUT2D eigenvalue weighted by Crippen LogP contribution is 2.47. The summed E-state index contributed by atoms with van der Waals surface area (Å²) in [4.78, 5) is 16.7. The third kappa shape index (κ3) is 1.65. The summed E-state index contributed by atoms with van der Waals surface area (Å²) in [5.41, 5.74) is 0.00139. The number of β-lactam (4-membered cyclic amide) rings is 1. The maximum atomic E-state index is 12.3. The average Bonchev–Trinajstić information content (AvgIpc) is 2.26. The molecule has 3 heteroatoms. The van der Waals surface area contributed by atoms with E-state index in [-0.39, 0.29) is 5.41 Å². The van der Waals surface area contributed by atoms with Crippen molar-refractivity contribution in [1.29, 1.82) is 0 Å². The largest absolute Gasteiger partial charge is 0.338 e. The molecule has 0 aliphatic carbocycles. The summed E-state index contributed by atoms with van der Waals surface area (Å²) in [6, 6.07) is 0.455. The first-order valence-electron chi connectivity index (χ1n) is 6.47. The molecule has 1 atom stereocenters. The van der Waals surface area contributed by atoms with Gasteiger partial charge in [0.25, 0.3) is 0 Å².